The predicted molar refractivity (Wildman–Crippen MR) is 69.7 cm³/mol. The third-order valence-corrected chi connectivity index (χ3v) is 4.31. The van der Waals surface area contributed by atoms with Crippen LogP contribution in [0.3, 0.4) is 0 Å². The molecule has 19 heavy (non-hydrogen) atoms. The normalized spacial score (nSPS) is 29.2. The van der Waals surface area contributed by atoms with Crippen molar-refractivity contribution in [2.45, 2.75) is 45.1 Å². The van der Waals surface area contributed by atoms with Crippen molar-refractivity contribution in [3.8, 4) is 0 Å². The number of hydrogen-bond acceptors (Lipinski definition) is 3. The standard InChI is InChI=1S/C14H23NO4/c1-10-12(3-2-8-19-10)14(18)15-6-4-11(5-7-15)9-13(16)17/h10-12H,2-9H2,1H3,(H,16,17). The minimum absolute atomic E-state index is 0.00947. The fourth-order valence-corrected chi connectivity index (χ4v) is 3.09. The maximum absolute atomic E-state index is 12.4. The Morgan fingerprint density at radius 1 is 1.26 bits per heavy atom. The molecule has 0 aromatic carbocycles. The van der Waals surface area contributed by atoms with E-state index < -0.39 is 5.97 Å². The van der Waals surface area contributed by atoms with Crippen molar-refractivity contribution < 1.29 is 19.4 Å². The highest BCUT2D eigenvalue weighted by Gasteiger charge is 2.33. The lowest BCUT2D eigenvalue weighted by Crippen LogP contribution is -2.46. The van der Waals surface area contributed by atoms with Gasteiger partial charge in [0.1, 0.15) is 0 Å². The summed E-state index contributed by atoms with van der Waals surface area (Å²) in [6, 6.07) is 0. The zero-order chi connectivity index (χ0) is 13.8. The van der Waals surface area contributed by atoms with Crippen LogP contribution in [0.25, 0.3) is 0 Å². The molecule has 0 aromatic rings. The number of carbonyl (C=O) groups is 2. The average Bonchev–Trinajstić information content (AvgIpc) is 2.39. The van der Waals surface area contributed by atoms with Gasteiger partial charge in [-0.15, -0.1) is 0 Å². The highest BCUT2D eigenvalue weighted by atomic mass is 16.5. The lowest BCUT2D eigenvalue weighted by Gasteiger charge is -2.36. The number of carbonyl (C=O) groups excluding carboxylic acids is 1. The van der Waals surface area contributed by atoms with Crippen LogP contribution >= 0.6 is 0 Å². The first-order valence-corrected chi connectivity index (χ1v) is 7.20. The monoisotopic (exact) mass is 269 g/mol. The van der Waals surface area contributed by atoms with Crippen LogP contribution in [0.2, 0.25) is 0 Å². The Hall–Kier alpha value is -1.10. The van der Waals surface area contributed by atoms with Gasteiger partial charge in [-0.2, -0.15) is 0 Å². The van der Waals surface area contributed by atoms with Gasteiger partial charge in [0, 0.05) is 26.1 Å². The summed E-state index contributed by atoms with van der Waals surface area (Å²) in [5.41, 5.74) is 0. The summed E-state index contributed by atoms with van der Waals surface area (Å²) in [5.74, 6) is -0.327. The van der Waals surface area contributed by atoms with Crippen LogP contribution in [-0.2, 0) is 14.3 Å². The number of ether oxygens (including phenoxy) is 1. The Morgan fingerprint density at radius 3 is 2.53 bits per heavy atom. The number of piperidine rings is 1. The molecule has 5 nitrogen and oxygen atoms in total. The van der Waals surface area contributed by atoms with Gasteiger partial charge in [0.2, 0.25) is 5.91 Å². The van der Waals surface area contributed by atoms with Crippen molar-refractivity contribution in [1.29, 1.82) is 0 Å². The van der Waals surface area contributed by atoms with Crippen LogP contribution in [0.5, 0.6) is 0 Å². The summed E-state index contributed by atoms with van der Waals surface area (Å²) in [6.07, 6.45) is 3.72. The van der Waals surface area contributed by atoms with Gasteiger partial charge < -0.3 is 14.7 Å². The molecule has 0 spiro atoms. The van der Waals surface area contributed by atoms with Crippen molar-refractivity contribution in [3.63, 3.8) is 0 Å². The summed E-state index contributed by atoms with van der Waals surface area (Å²) in [6.45, 7) is 4.12. The fourth-order valence-electron chi connectivity index (χ4n) is 3.09. The Bertz CT molecular complexity index is 336. The molecular formula is C14H23NO4. The van der Waals surface area contributed by atoms with Crippen LogP contribution in [0.15, 0.2) is 0 Å². The van der Waals surface area contributed by atoms with Crippen molar-refractivity contribution in [2.75, 3.05) is 19.7 Å². The molecule has 0 aliphatic carbocycles. The molecular weight excluding hydrogens is 246 g/mol. The molecule has 1 N–H and O–H groups in total. The molecule has 5 heteroatoms. The predicted octanol–water partition coefficient (Wildman–Crippen LogP) is 1.51. The maximum Gasteiger partial charge on any atom is 0.303 e. The summed E-state index contributed by atoms with van der Waals surface area (Å²) in [5, 5.41) is 8.78. The number of hydrogen-bond donors (Lipinski definition) is 1. The molecule has 0 saturated carbocycles. The second-order valence-corrected chi connectivity index (χ2v) is 5.69. The number of rotatable bonds is 3. The largest absolute Gasteiger partial charge is 0.481 e. The number of amides is 1. The molecule has 108 valence electrons. The third kappa shape index (κ3) is 3.69. The molecule has 2 unspecified atom stereocenters. The van der Waals surface area contributed by atoms with Crippen LogP contribution in [0, 0.1) is 11.8 Å². The van der Waals surface area contributed by atoms with E-state index in [1.165, 1.54) is 0 Å². The van der Waals surface area contributed by atoms with E-state index >= 15 is 0 Å². The zero-order valence-electron chi connectivity index (χ0n) is 11.5. The number of nitrogens with zero attached hydrogens (tertiary/aromatic N) is 1. The molecule has 0 aromatic heterocycles. The van der Waals surface area contributed by atoms with E-state index in [2.05, 4.69) is 0 Å². The molecule has 2 aliphatic rings. The van der Waals surface area contributed by atoms with Gasteiger partial charge in [0.25, 0.3) is 0 Å². The lowest BCUT2D eigenvalue weighted by molar-refractivity contribution is -0.145. The molecule has 2 rings (SSSR count). The Balaban J connectivity index is 1.83. The molecule has 2 heterocycles. The molecule has 2 saturated heterocycles. The highest BCUT2D eigenvalue weighted by molar-refractivity contribution is 5.79. The van der Waals surface area contributed by atoms with E-state index in [4.69, 9.17) is 9.84 Å². The van der Waals surface area contributed by atoms with Gasteiger partial charge in [0.05, 0.1) is 12.0 Å². The summed E-state index contributed by atoms with van der Waals surface area (Å²) < 4.78 is 5.55. The van der Waals surface area contributed by atoms with E-state index in [0.29, 0.717) is 13.1 Å². The summed E-state index contributed by atoms with van der Waals surface area (Å²) in [4.78, 5) is 25.0. The Labute approximate surface area is 113 Å². The van der Waals surface area contributed by atoms with Gasteiger partial charge in [-0.25, -0.2) is 0 Å². The highest BCUT2D eigenvalue weighted by Crippen LogP contribution is 2.26. The lowest BCUT2D eigenvalue weighted by atomic mass is 9.90. The van der Waals surface area contributed by atoms with E-state index in [-0.39, 0.29) is 30.3 Å². The molecule has 0 radical (unpaired) electrons. The topological polar surface area (TPSA) is 66.8 Å². The summed E-state index contributed by atoms with van der Waals surface area (Å²) in [7, 11) is 0. The van der Waals surface area contributed by atoms with Crippen molar-refractivity contribution in [1.82, 2.24) is 4.90 Å². The molecule has 0 bridgehead atoms. The number of likely N-dealkylation sites (tertiary alicyclic amines) is 1. The van der Waals surface area contributed by atoms with Crippen LogP contribution < -0.4 is 0 Å². The maximum atomic E-state index is 12.4. The third-order valence-electron chi connectivity index (χ3n) is 4.31. The van der Waals surface area contributed by atoms with Crippen molar-refractivity contribution in [2.24, 2.45) is 11.8 Å². The minimum atomic E-state index is -0.737. The first-order chi connectivity index (χ1) is 9.08. The average molecular weight is 269 g/mol. The molecule has 2 atom stereocenters. The van der Waals surface area contributed by atoms with Crippen molar-refractivity contribution >= 4 is 11.9 Å². The smallest absolute Gasteiger partial charge is 0.303 e. The second-order valence-electron chi connectivity index (χ2n) is 5.69. The number of carboxylic acids is 1. The van der Waals surface area contributed by atoms with Crippen LogP contribution in [0.4, 0.5) is 0 Å². The van der Waals surface area contributed by atoms with Gasteiger partial charge in [0.15, 0.2) is 0 Å². The number of carboxylic acid groups (broad SMARTS) is 1. The van der Waals surface area contributed by atoms with Gasteiger partial charge >= 0.3 is 5.97 Å². The van der Waals surface area contributed by atoms with Crippen molar-refractivity contribution in [3.05, 3.63) is 0 Å². The van der Waals surface area contributed by atoms with E-state index in [0.717, 1.165) is 32.3 Å². The molecule has 2 aliphatic heterocycles. The van der Waals surface area contributed by atoms with Crippen LogP contribution in [0.1, 0.15) is 39.0 Å². The summed E-state index contributed by atoms with van der Waals surface area (Å²) >= 11 is 0. The Morgan fingerprint density at radius 2 is 1.95 bits per heavy atom. The van der Waals surface area contributed by atoms with E-state index in [1.807, 2.05) is 11.8 Å². The molecule has 1 amide bonds. The van der Waals surface area contributed by atoms with E-state index in [1.54, 1.807) is 0 Å². The fraction of sp³-hybridized carbons (Fsp3) is 0.857. The van der Waals surface area contributed by atoms with Gasteiger partial charge in [-0.05, 0) is 38.5 Å². The first kappa shape index (κ1) is 14.3. The SMILES string of the molecule is CC1OCCCC1C(=O)N1CCC(CC(=O)O)CC1. The second kappa shape index (κ2) is 6.37. The van der Waals surface area contributed by atoms with Crippen LogP contribution in [-0.4, -0.2) is 47.7 Å². The van der Waals surface area contributed by atoms with E-state index in [9.17, 15) is 9.59 Å². The zero-order valence-corrected chi connectivity index (χ0v) is 11.5. The van der Waals surface area contributed by atoms with Gasteiger partial charge in [-0.3, -0.25) is 9.59 Å². The minimum Gasteiger partial charge on any atom is -0.481 e. The number of aliphatic carboxylic acids is 1. The quantitative estimate of drug-likeness (QED) is 0.843. The van der Waals surface area contributed by atoms with Gasteiger partial charge in [-0.1, -0.05) is 0 Å². The molecule has 2 fully saturated rings. The first-order valence-electron chi connectivity index (χ1n) is 7.20. The Kier molecular flexibility index (Phi) is 4.80.